The van der Waals surface area contributed by atoms with Gasteiger partial charge in [0.05, 0.1) is 6.54 Å². The van der Waals surface area contributed by atoms with Gasteiger partial charge in [0.1, 0.15) is 0 Å². The van der Waals surface area contributed by atoms with Crippen molar-refractivity contribution >= 4 is 5.97 Å². The zero-order chi connectivity index (χ0) is 14.5. The highest BCUT2D eigenvalue weighted by Crippen LogP contribution is 2.19. The molecule has 2 rings (SSSR count). The molecule has 1 saturated heterocycles. The molecule has 1 N–H and O–H groups in total. The lowest BCUT2D eigenvalue weighted by molar-refractivity contribution is -0.139. The second-order valence-corrected chi connectivity index (χ2v) is 5.82. The number of carboxylic acids is 1. The van der Waals surface area contributed by atoms with Crippen molar-refractivity contribution in [1.29, 1.82) is 0 Å². The number of hydrogen-bond donors (Lipinski definition) is 1. The molecule has 0 aliphatic carbocycles. The Balaban J connectivity index is 1.92. The average Bonchev–Trinajstić information content (AvgIpc) is 2.85. The molecule has 110 valence electrons. The van der Waals surface area contributed by atoms with Crippen molar-refractivity contribution in [3.8, 4) is 0 Å². The van der Waals surface area contributed by atoms with Gasteiger partial charge in [-0.3, -0.25) is 14.6 Å². The van der Waals surface area contributed by atoms with Crippen molar-refractivity contribution in [3.63, 3.8) is 0 Å². The lowest BCUT2D eigenvalue weighted by Gasteiger charge is -2.31. The van der Waals surface area contributed by atoms with E-state index in [0.29, 0.717) is 6.04 Å². The van der Waals surface area contributed by atoms with Gasteiger partial charge in [0.25, 0.3) is 0 Å². The maximum atomic E-state index is 11.0. The van der Waals surface area contributed by atoms with Gasteiger partial charge in [0.15, 0.2) is 0 Å². The van der Waals surface area contributed by atoms with E-state index in [1.807, 2.05) is 6.07 Å². The van der Waals surface area contributed by atoms with E-state index in [4.69, 9.17) is 5.11 Å². The van der Waals surface area contributed by atoms with Crippen LogP contribution < -0.4 is 0 Å². The predicted octanol–water partition coefficient (Wildman–Crippen LogP) is 2.06. The van der Waals surface area contributed by atoms with E-state index in [9.17, 15) is 4.79 Å². The molecule has 0 spiro atoms. The molecule has 1 aliphatic heterocycles. The molecule has 1 aromatic rings. The molecule has 1 atom stereocenters. The lowest BCUT2D eigenvalue weighted by Crippen LogP contribution is -2.44. The number of nitrogens with zero attached hydrogens (tertiary/aromatic N) is 2. The highest BCUT2D eigenvalue weighted by atomic mass is 16.4. The van der Waals surface area contributed by atoms with Crippen molar-refractivity contribution < 1.29 is 9.90 Å². The van der Waals surface area contributed by atoms with Gasteiger partial charge in [-0.1, -0.05) is 30.3 Å². The topological polar surface area (TPSA) is 43.8 Å². The van der Waals surface area contributed by atoms with Gasteiger partial charge in [-0.15, -0.1) is 0 Å². The van der Waals surface area contributed by atoms with Gasteiger partial charge in [-0.2, -0.15) is 0 Å². The van der Waals surface area contributed by atoms with Crippen molar-refractivity contribution in [2.24, 2.45) is 0 Å². The predicted molar refractivity (Wildman–Crippen MR) is 79.6 cm³/mol. The van der Waals surface area contributed by atoms with Crippen LogP contribution in [-0.2, 0) is 11.3 Å². The van der Waals surface area contributed by atoms with Crippen molar-refractivity contribution in [2.45, 2.75) is 38.9 Å². The second kappa shape index (κ2) is 6.86. The number of hydrogen-bond acceptors (Lipinski definition) is 3. The molecule has 1 aliphatic rings. The molecule has 0 aromatic heterocycles. The molecule has 1 heterocycles. The standard InChI is InChI=1S/C16H24N2O2/c1-13(2)18(12-16(19)20)15-8-9-17(11-15)10-14-6-4-3-5-7-14/h3-7,13,15H,8-12H2,1-2H3,(H,19,20)/t15-/m1/s1. The van der Waals surface area contributed by atoms with Gasteiger partial charge in [0, 0.05) is 31.7 Å². The fraction of sp³-hybridized carbons (Fsp3) is 0.562. The Morgan fingerprint density at radius 1 is 1.40 bits per heavy atom. The normalized spacial score (nSPS) is 19.9. The molecular formula is C16H24N2O2. The summed E-state index contributed by atoms with van der Waals surface area (Å²) in [4.78, 5) is 15.5. The van der Waals surface area contributed by atoms with Crippen LogP contribution in [0.1, 0.15) is 25.8 Å². The zero-order valence-corrected chi connectivity index (χ0v) is 12.3. The first-order valence-corrected chi connectivity index (χ1v) is 7.30. The van der Waals surface area contributed by atoms with Gasteiger partial charge < -0.3 is 5.11 Å². The number of carboxylic acid groups (broad SMARTS) is 1. The van der Waals surface area contributed by atoms with Crippen LogP contribution in [0.5, 0.6) is 0 Å². The van der Waals surface area contributed by atoms with E-state index in [2.05, 4.69) is 47.9 Å². The summed E-state index contributed by atoms with van der Waals surface area (Å²) in [7, 11) is 0. The molecule has 1 aromatic carbocycles. The highest BCUT2D eigenvalue weighted by molar-refractivity contribution is 5.69. The van der Waals surface area contributed by atoms with Crippen molar-refractivity contribution in [2.75, 3.05) is 19.6 Å². The fourth-order valence-corrected chi connectivity index (χ4v) is 2.96. The summed E-state index contributed by atoms with van der Waals surface area (Å²) in [6.45, 7) is 7.24. The number of benzene rings is 1. The maximum Gasteiger partial charge on any atom is 0.317 e. The van der Waals surface area contributed by atoms with Gasteiger partial charge >= 0.3 is 5.97 Å². The van der Waals surface area contributed by atoms with Crippen LogP contribution in [-0.4, -0.2) is 52.6 Å². The zero-order valence-electron chi connectivity index (χ0n) is 12.3. The number of rotatable bonds is 6. The molecule has 20 heavy (non-hydrogen) atoms. The van der Waals surface area contributed by atoms with E-state index < -0.39 is 5.97 Å². The third-order valence-electron chi connectivity index (χ3n) is 3.95. The minimum Gasteiger partial charge on any atom is -0.480 e. The van der Waals surface area contributed by atoms with Gasteiger partial charge in [-0.25, -0.2) is 0 Å². The molecule has 0 bridgehead atoms. The summed E-state index contributed by atoms with van der Waals surface area (Å²) in [6.07, 6.45) is 1.05. The number of likely N-dealkylation sites (tertiary alicyclic amines) is 1. The number of aliphatic carboxylic acids is 1. The molecule has 1 fully saturated rings. The third kappa shape index (κ3) is 4.05. The minimum absolute atomic E-state index is 0.140. The van der Waals surface area contributed by atoms with Crippen LogP contribution in [0.3, 0.4) is 0 Å². The van der Waals surface area contributed by atoms with Crippen molar-refractivity contribution in [3.05, 3.63) is 35.9 Å². The van der Waals surface area contributed by atoms with E-state index in [0.717, 1.165) is 26.1 Å². The van der Waals surface area contributed by atoms with Gasteiger partial charge in [-0.05, 0) is 25.8 Å². The SMILES string of the molecule is CC(C)N(CC(=O)O)[C@@H]1CCN(Cc2ccccc2)C1. The Labute approximate surface area is 121 Å². The van der Waals surface area contributed by atoms with Crippen molar-refractivity contribution in [1.82, 2.24) is 9.80 Å². The van der Waals surface area contributed by atoms with E-state index >= 15 is 0 Å². The minimum atomic E-state index is -0.736. The third-order valence-corrected chi connectivity index (χ3v) is 3.95. The monoisotopic (exact) mass is 276 g/mol. The summed E-state index contributed by atoms with van der Waals surface area (Å²) in [6, 6.07) is 11.1. The van der Waals surface area contributed by atoms with Gasteiger partial charge in [0.2, 0.25) is 0 Å². The van der Waals surface area contributed by atoms with E-state index in [-0.39, 0.29) is 12.6 Å². The average molecular weight is 276 g/mol. The largest absolute Gasteiger partial charge is 0.480 e. The van der Waals surface area contributed by atoms with Crippen LogP contribution in [0.25, 0.3) is 0 Å². The fourth-order valence-electron chi connectivity index (χ4n) is 2.96. The quantitative estimate of drug-likeness (QED) is 0.863. The molecular weight excluding hydrogens is 252 g/mol. The smallest absolute Gasteiger partial charge is 0.317 e. The summed E-state index contributed by atoms with van der Waals surface area (Å²) in [5, 5.41) is 9.04. The van der Waals surface area contributed by atoms with E-state index in [1.54, 1.807) is 0 Å². The second-order valence-electron chi connectivity index (χ2n) is 5.82. The van der Waals surface area contributed by atoms with E-state index in [1.165, 1.54) is 5.56 Å². The Bertz CT molecular complexity index is 433. The lowest BCUT2D eigenvalue weighted by atomic mass is 10.1. The summed E-state index contributed by atoms with van der Waals surface area (Å²) < 4.78 is 0. The molecule has 4 nitrogen and oxygen atoms in total. The Morgan fingerprint density at radius 3 is 2.70 bits per heavy atom. The maximum absolute atomic E-state index is 11.0. The molecule has 4 heteroatoms. The Kier molecular flexibility index (Phi) is 5.15. The molecule has 0 unspecified atom stereocenters. The first-order valence-electron chi connectivity index (χ1n) is 7.30. The Morgan fingerprint density at radius 2 is 2.10 bits per heavy atom. The van der Waals surface area contributed by atoms with Crippen LogP contribution in [0.4, 0.5) is 0 Å². The Hall–Kier alpha value is -1.39. The van der Waals surface area contributed by atoms with Crippen LogP contribution in [0.2, 0.25) is 0 Å². The summed E-state index contributed by atoms with van der Waals surface area (Å²) in [5.41, 5.74) is 1.32. The van der Waals surface area contributed by atoms with Crippen LogP contribution in [0.15, 0.2) is 30.3 Å². The molecule has 0 radical (unpaired) electrons. The highest BCUT2D eigenvalue weighted by Gasteiger charge is 2.30. The van der Waals surface area contributed by atoms with Crippen LogP contribution in [0, 0.1) is 0 Å². The molecule has 0 saturated carbocycles. The summed E-state index contributed by atoms with van der Waals surface area (Å²) in [5.74, 6) is -0.736. The molecule has 0 amide bonds. The summed E-state index contributed by atoms with van der Waals surface area (Å²) >= 11 is 0. The first kappa shape index (κ1) is 15.0. The number of carbonyl (C=O) groups is 1. The van der Waals surface area contributed by atoms with Crippen LogP contribution >= 0.6 is 0 Å². The first-order chi connectivity index (χ1) is 9.56.